The topological polar surface area (TPSA) is 219 Å². The molecule has 0 bridgehead atoms. The molecule has 0 amide bonds. The molecule has 37 heavy (non-hydrogen) atoms. The van der Waals surface area contributed by atoms with Gasteiger partial charge in [0.2, 0.25) is 0 Å². The van der Waals surface area contributed by atoms with E-state index in [0.29, 0.717) is 11.2 Å². The van der Waals surface area contributed by atoms with Crippen molar-refractivity contribution in [3.63, 3.8) is 0 Å². The first-order valence-electron chi connectivity index (χ1n) is 11.1. The quantitative estimate of drug-likeness (QED) is 0.172. The molecule has 5 rings (SSSR count). The minimum atomic E-state index is -4.02. The Bertz CT molecular complexity index is 1450. The highest BCUT2D eigenvalue weighted by molar-refractivity contribution is 8.44. The zero-order valence-electron chi connectivity index (χ0n) is 19.1. The van der Waals surface area contributed by atoms with Gasteiger partial charge in [0.15, 0.2) is 11.5 Å². The fourth-order valence-electron chi connectivity index (χ4n) is 4.29. The Kier molecular flexibility index (Phi) is 7.21. The maximum absolute atomic E-state index is 13.0. The number of aromatic nitrogens is 6. The molecule has 200 valence electrons. The lowest BCUT2D eigenvalue weighted by Crippen LogP contribution is -2.31. The number of nitrogens with zero attached hydrogens (tertiary/aromatic N) is 5. The van der Waals surface area contributed by atoms with Crippen molar-refractivity contribution in [1.29, 1.82) is 0 Å². The molecule has 3 unspecified atom stereocenters. The zero-order valence-corrected chi connectivity index (χ0v) is 20.9. The molecule has 18 heteroatoms. The molecule has 0 aromatic carbocycles. The van der Waals surface area contributed by atoms with Crippen molar-refractivity contribution in [2.24, 2.45) is 0 Å². The second-order valence-corrected chi connectivity index (χ2v) is 11.4. The number of thiol groups is 1. The molecular formula is C19H24N7O9PS. The molecule has 3 aromatic heterocycles. The van der Waals surface area contributed by atoms with Crippen molar-refractivity contribution >= 4 is 36.0 Å². The Morgan fingerprint density at radius 3 is 2.70 bits per heavy atom. The number of hydrogen-bond acceptors (Lipinski definition) is 13. The van der Waals surface area contributed by atoms with Crippen LogP contribution in [0.25, 0.3) is 11.2 Å². The molecule has 2 aliphatic heterocycles. The van der Waals surface area contributed by atoms with Crippen LogP contribution in [0.2, 0.25) is 0 Å². The molecule has 0 radical (unpaired) electrons. The molecule has 0 saturated carbocycles. The first-order valence-corrected chi connectivity index (χ1v) is 13.8. The van der Waals surface area contributed by atoms with Crippen molar-refractivity contribution in [3.05, 3.63) is 45.8 Å². The summed E-state index contributed by atoms with van der Waals surface area (Å²) in [6.45, 7) is -4.83. The average molecular weight is 557 g/mol. The molecule has 2 saturated heterocycles. The summed E-state index contributed by atoms with van der Waals surface area (Å²) in [6, 6.07) is 1.15. The molecule has 16 nitrogen and oxygen atoms in total. The lowest BCUT2D eigenvalue weighted by Gasteiger charge is -2.22. The number of nitrogens with two attached hydrogens (primary N) is 1. The van der Waals surface area contributed by atoms with Crippen molar-refractivity contribution in [3.8, 4) is 0 Å². The van der Waals surface area contributed by atoms with Crippen LogP contribution < -0.4 is 17.0 Å². The number of nitrogen functional groups attached to an aromatic ring is 1. The summed E-state index contributed by atoms with van der Waals surface area (Å²) in [5, 5.41) is 20.2. The van der Waals surface area contributed by atoms with Crippen molar-refractivity contribution in [1.82, 2.24) is 29.1 Å². The van der Waals surface area contributed by atoms with Gasteiger partial charge in [-0.3, -0.25) is 28.0 Å². The standard InChI is InChI=1S/C19H24N7O9PS/c20-17-16-18(22-7-21-17)26(8-23-16)14-3-9(28)12(34-14)6-32-36(31,37)35-10-4-15(33-11(10)5-27)25-2-1-13(29)24-19(25)30/h1-2,7-12,14-15,27-28H,3-6H2,(H,31,37)(H2,20,21,22)(H,24,29,30)/t9?,10?,11-,12-,14-,15-,36?/m1/s1. The van der Waals surface area contributed by atoms with Gasteiger partial charge in [-0.25, -0.2) is 24.3 Å². The Balaban J connectivity index is 1.21. The Morgan fingerprint density at radius 1 is 1.19 bits per heavy atom. The number of rotatable bonds is 8. The number of ether oxygens (including phenoxy) is 2. The van der Waals surface area contributed by atoms with Gasteiger partial charge >= 0.3 is 12.5 Å². The number of aliphatic hydroxyl groups excluding tert-OH is 2. The van der Waals surface area contributed by atoms with E-state index in [4.69, 9.17) is 24.3 Å². The molecule has 2 fully saturated rings. The number of aromatic amines is 1. The van der Waals surface area contributed by atoms with Crippen LogP contribution in [-0.2, 0) is 23.1 Å². The van der Waals surface area contributed by atoms with Crippen LogP contribution in [0.5, 0.6) is 0 Å². The van der Waals surface area contributed by atoms with Crippen LogP contribution >= 0.6 is 19.0 Å². The second-order valence-electron chi connectivity index (χ2n) is 8.49. The summed E-state index contributed by atoms with van der Waals surface area (Å²) in [5.74, 6) is 0.208. The third kappa shape index (κ3) is 5.35. The summed E-state index contributed by atoms with van der Waals surface area (Å²) < 4.78 is 38.1. The van der Waals surface area contributed by atoms with Gasteiger partial charge in [0, 0.05) is 25.1 Å². The first kappa shape index (κ1) is 26.0. The Labute approximate surface area is 213 Å². The molecule has 7 atom stereocenters. The van der Waals surface area contributed by atoms with Crippen molar-refractivity contribution < 1.29 is 33.3 Å². The number of anilines is 1. The van der Waals surface area contributed by atoms with E-state index in [0.717, 1.165) is 10.6 Å². The second kappa shape index (κ2) is 10.3. The maximum Gasteiger partial charge on any atom is 0.386 e. The summed E-state index contributed by atoms with van der Waals surface area (Å²) in [5.41, 5.74) is 5.36. The number of aliphatic hydroxyl groups is 2. The van der Waals surface area contributed by atoms with E-state index in [1.54, 1.807) is 4.57 Å². The minimum Gasteiger partial charge on any atom is -0.394 e. The van der Waals surface area contributed by atoms with Gasteiger partial charge in [0.1, 0.15) is 42.6 Å². The van der Waals surface area contributed by atoms with Crippen LogP contribution in [0.3, 0.4) is 0 Å². The maximum atomic E-state index is 13.0. The zero-order chi connectivity index (χ0) is 26.3. The highest BCUT2D eigenvalue weighted by Gasteiger charge is 2.42. The van der Waals surface area contributed by atoms with Gasteiger partial charge < -0.3 is 25.4 Å². The van der Waals surface area contributed by atoms with E-state index in [9.17, 15) is 24.4 Å². The summed E-state index contributed by atoms with van der Waals surface area (Å²) in [7, 11) is 0. The smallest absolute Gasteiger partial charge is 0.386 e. The van der Waals surface area contributed by atoms with Crippen LogP contribution in [0.15, 0.2) is 34.5 Å². The average Bonchev–Trinajstić information content (AvgIpc) is 3.54. The van der Waals surface area contributed by atoms with E-state index in [2.05, 4.69) is 32.2 Å². The van der Waals surface area contributed by atoms with Gasteiger partial charge in [0.25, 0.3) is 5.56 Å². The monoisotopic (exact) mass is 557 g/mol. The molecule has 5 N–H and O–H groups in total. The van der Waals surface area contributed by atoms with E-state index in [1.807, 2.05) is 0 Å². The number of imidazole rings is 1. The van der Waals surface area contributed by atoms with Crippen molar-refractivity contribution in [2.45, 2.75) is 49.7 Å². The molecule has 0 spiro atoms. The van der Waals surface area contributed by atoms with E-state index in [1.165, 1.54) is 18.9 Å². The largest absolute Gasteiger partial charge is 0.394 e. The van der Waals surface area contributed by atoms with E-state index in [-0.39, 0.29) is 25.3 Å². The van der Waals surface area contributed by atoms with Gasteiger partial charge in [-0.15, -0.1) is 0 Å². The fraction of sp³-hybridized carbons (Fsp3) is 0.526. The lowest BCUT2D eigenvalue weighted by molar-refractivity contribution is -0.0498. The third-order valence-electron chi connectivity index (χ3n) is 6.09. The first-order chi connectivity index (χ1) is 17.6. The predicted octanol–water partition coefficient (Wildman–Crippen LogP) is -0.673. The Hall–Kier alpha value is -2.63. The fourth-order valence-corrected chi connectivity index (χ4v) is 5.81. The molecule has 0 aliphatic carbocycles. The molecule has 5 heterocycles. The van der Waals surface area contributed by atoms with Crippen LogP contribution in [0.4, 0.5) is 5.82 Å². The molecule has 3 aromatic rings. The van der Waals surface area contributed by atoms with Gasteiger partial charge in [-0.2, -0.15) is 0 Å². The highest BCUT2D eigenvalue weighted by atomic mass is 32.7. The summed E-state index contributed by atoms with van der Waals surface area (Å²) >= 11 is 4.01. The highest BCUT2D eigenvalue weighted by Crippen LogP contribution is 2.56. The number of fused-ring (bicyclic) bond motifs is 1. The number of H-pyrrole nitrogens is 1. The summed E-state index contributed by atoms with van der Waals surface area (Å²) in [6.07, 6.45) is -1.02. The molecular weight excluding hydrogens is 533 g/mol. The Morgan fingerprint density at radius 2 is 1.95 bits per heavy atom. The minimum absolute atomic E-state index is 0.0222. The van der Waals surface area contributed by atoms with Gasteiger partial charge in [-0.1, -0.05) is 12.2 Å². The van der Waals surface area contributed by atoms with Gasteiger partial charge in [-0.05, 0) is 0 Å². The SMILES string of the molecule is Nc1ncnc2c1ncn2[C@H]1CC(O)[C@@H](COP(=O)(S)OC2C[C@H](n3ccc(=O)[nH]c3=O)O[C@@H]2CO)O1. The van der Waals surface area contributed by atoms with E-state index < -0.39 is 61.5 Å². The van der Waals surface area contributed by atoms with Gasteiger partial charge in [0.05, 0.1) is 25.6 Å². The van der Waals surface area contributed by atoms with Crippen LogP contribution in [-0.4, -0.2) is 76.9 Å². The number of hydrogen-bond donors (Lipinski definition) is 5. The number of nitrogens with one attached hydrogen (secondary N) is 1. The van der Waals surface area contributed by atoms with Crippen LogP contribution in [0.1, 0.15) is 25.3 Å². The van der Waals surface area contributed by atoms with Crippen molar-refractivity contribution in [2.75, 3.05) is 18.9 Å². The molecule has 2 aliphatic rings. The predicted molar refractivity (Wildman–Crippen MR) is 129 cm³/mol. The lowest BCUT2D eigenvalue weighted by atomic mass is 10.2. The van der Waals surface area contributed by atoms with E-state index >= 15 is 0 Å². The summed E-state index contributed by atoms with van der Waals surface area (Å²) in [4.78, 5) is 37.7. The van der Waals surface area contributed by atoms with Crippen LogP contribution in [0, 0.1) is 0 Å². The normalized spacial score (nSPS) is 29.6. The third-order valence-corrected chi connectivity index (χ3v) is 7.74.